The van der Waals surface area contributed by atoms with E-state index in [0.717, 1.165) is 57.7 Å². The van der Waals surface area contributed by atoms with Gasteiger partial charge >= 0.3 is 0 Å². The standard InChI is InChI=1S/C22H39N5O/c1-18(2)22(28)27(14-8-13-25-10-5-6-11-25)21-9-7-12-26(17-21)16-20-15-24(4)23-19(20)3/h15,18,21H,5-14,16-17H2,1-4H3. The van der Waals surface area contributed by atoms with E-state index in [1.165, 1.54) is 31.5 Å². The monoisotopic (exact) mass is 389 g/mol. The number of piperidine rings is 1. The van der Waals surface area contributed by atoms with Gasteiger partial charge < -0.3 is 9.80 Å². The lowest BCUT2D eigenvalue weighted by molar-refractivity contribution is -0.138. The topological polar surface area (TPSA) is 44.6 Å². The van der Waals surface area contributed by atoms with Crippen LogP contribution in [-0.4, -0.2) is 75.7 Å². The van der Waals surface area contributed by atoms with Crippen molar-refractivity contribution >= 4 is 5.91 Å². The van der Waals surface area contributed by atoms with E-state index in [1.54, 1.807) is 0 Å². The zero-order valence-corrected chi connectivity index (χ0v) is 18.4. The predicted octanol–water partition coefficient (Wildman–Crippen LogP) is 2.66. The number of aryl methyl sites for hydroxylation is 2. The summed E-state index contributed by atoms with van der Waals surface area (Å²) in [6.07, 6.45) is 8.19. The summed E-state index contributed by atoms with van der Waals surface area (Å²) >= 11 is 0. The van der Waals surface area contributed by atoms with Crippen LogP contribution in [0.25, 0.3) is 0 Å². The van der Waals surface area contributed by atoms with Crippen LogP contribution in [0.1, 0.15) is 57.2 Å². The molecule has 0 aromatic carbocycles. The lowest BCUT2D eigenvalue weighted by Gasteiger charge is -2.40. The summed E-state index contributed by atoms with van der Waals surface area (Å²) in [4.78, 5) is 20.2. The molecule has 1 unspecified atom stereocenters. The third-order valence-corrected chi connectivity index (χ3v) is 6.28. The first-order valence-corrected chi connectivity index (χ1v) is 11.2. The predicted molar refractivity (Wildman–Crippen MR) is 113 cm³/mol. The van der Waals surface area contributed by atoms with Crippen molar-refractivity contribution in [2.45, 2.75) is 65.5 Å². The smallest absolute Gasteiger partial charge is 0.225 e. The molecule has 0 spiro atoms. The van der Waals surface area contributed by atoms with Gasteiger partial charge in [0.25, 0.3) is 0 Å². The summed E-state index contributed by atoms with van der Waals surface area (Å²) in [5.74, 6) is 0.397. The van der Waals surface area contributed by atoms with Crippen molar-refractivity contribution in [3.05, 3.63) is 17.5 Å². The Morgan fingerprint density at radius 3 is 2.57 bits per heavy atom. The van der Waals surface area contributed by atoms with Gasteiger partial charge in [-0.15, -0.1) is 0 Å². The molecule has 0 saturated carbocycles. The van der Waals surface area contributed by atoms with Crippen molar-refractivity contribution in [3.63, 3.8) is 0 Å². The summed E-state index contributed by atoms with van der Waals surface area (Å²) in [5, 5.41) is 4.48. The van der Waals surface area contributed by atoms with Crippen LogP contribution in [0.3, 0.4) is 0 Å². The van der Waals surface area contributed by atoms with E-state index in [1.807, 2.05) is 25.6 Å². The Morgan fingerprint density at radius 1 is 1.21 bits per heavy atom. The zero-order valence-electron chi connectivity index (χ0n) is 18.4. The molecule has 1 amide bonds. The second-order valence-corrected chi connectivity index (χ2v) is 9.03. The Balaban J connectivity index is 1.59. The average Bonchev–Trinajstić information content (AvgIpc) is 3.28. The molecular formula is C22H39N5O. The Labute approximate surface area is 170 Å². The van der Waals surface area contributed by atoms with Crippen LogP contribution in [0.4, 0.5) is 0 Å². The van der Waals surface area contributed by atoms with Crippen LogP contribution in [0.2, 0.25) is 0 Å². The van der Waals surface area contributed by atoms with Gasteiger partial charge in [0.15, 0.2) is 0 Å². The summed E-state index contributed by atoms with van der Waals surface area (Å²) in [7, 11) is 1.99. The van der Waals surface area contributed by atoms with Crippen molar-refractivity contribution in [3.8, 4) is 0 Å². The quantitative estimate of drug-likeness (QED) is 0.686. The highest BCUT2D eigenvalue weighted by Gasteiger charge is 2.30. The molecule has 2 saturated heterocycles. The van der Waals surface area contributed by atoms with E-state index in [4.69, 9.17) is 0 Å². The molecule has 6 heteroatoms. The first-order valence-electron chi connectivity index (χ1n) is 11.2. The molecule has 2 aliphatic rings. The van der Waals surface area contributed by atoms with Gasteiger partial charge in [-0.2, -0.15) is 5.10 Å². The van der Waals surface area contributed by atoms with Crippen molar-refractivity contribution < 1.29 is 4.79 Å². The fourth-order valence-corrected chi connectivity index (χ4v) is 4.75. The molecule has 6 nitrogen and oxygen atoms in total. The number of aromatic nitrogens is 2. The highest BCUT2D eigenvalue weighted by Crippen LogP contribution is 2.21. The van der Waals surface area contributed by atoms with Gasteiger partial charge in [0.1, 0.15) is 0 Å². The minimum atomic E-state index is 0.0720. The maximum Gasteiger partial charge on any atom is 0.225 e. The normalized spacial score (nSPS) is 21.5. The summed E-state index contributed by atoms with van der Waals surface area (Å²) in [6.45, 7) is 13.7. The molecule has 2 aliphatic heterocycles. The number of nitrogens with zero attached hydrogens (tertiary/aromatic N) is 5. The fourth-order valence-electron chi connectivity index (χ4n) is 4.75. The third-order valence-electron chi connectivity index (χ3n) is 6.28. The van der Waals surface area contributed by atoms with E-state index < -0.39 is 0 Å². The van der Waals surface area contributed by atoms with Crippen LogP contribution in [0, 0.1) is 12.8 Å². The van der Waals surface area contributed by atoms with E-state index in [9.17, 15) is 4.79 Å². The van der Waals surface area contributed by atoms with E-state index in [0.29, 0.717) is 11.9 Å². The molecule has 3 heterocycles. The van der Waals surface area contributed by atoms with Gasteiger partial charge in [0.05, 0.1) is 5.69 Å². The third kappa shape index (κ3) is 5.57. The van der Waals surface area contributed by atoms with E-state index in [2.05, 4.69) is 32.9 Å². The minimum Gasteiger partial charge on any atom is -0.338 e. The van der Waals surface area contributed by atoms with Gasteiger partial charge in [-0.3, -0.25) is 14.4 Å². The molecular weight excluding hydrogens is 350 g/mol. The van der Waals surface area contributed by atoms with Crippen LogP contribution in [0.5, 0.6) is 0 Å². The van der Waals surface area contributed by atoms with Gasteiger partial charge in [0, 0.05) is 50.4 Å². The lowest BCUT2D eigenvalue weighted by Crippen LogP contribution is -2.51. The molecule has 3 rings (SSSR count). The second kappa shape index (κ2) is 9.88. The number of carbonyl (C=O) groups excluding carboxylic acids is 1. The highest BCUT2D eigenvalue weighted by molar-refractivity contribution is 5.78. The van der Waals surface area contributed by atoms with Crippen molar-refractivity contribution in [1.29, 1.82) is 0 Å². The average molecular weight is 390 g/mol. The van der Waals surface area contributed by atoms with Gasteiger partial charge in [-0.05, 0) is 65.2 Å². The largest absolute Gasteiger partial charge is 0.338 e. The second-order valence-electron chi connectivity index (χ2n) is 9.03. The Bertz CT molecular complexity index is 635. The van der Waals surface area contributed by atoms with Crippen LogP contribution in [0.15, 0.2) is 6.20 Å². The number of rotatable bonds is 8. The van der Waals surface area contributed by atoms with Crippen LogP contribution < -0.4 is 0 Å². The highest BCUT2D eigenvalue weighted by atomic mass is 16.2. The maximum atomic E-state index is 13.0. The number of amides is 1. The first-order chi connectivity index (χ1) is 13.4. The number of hydrogen-bond donors (Lipinski definition) is 0. The van der Waals surface area contributed by atoms with Gasteiger partial charge in [-0.25, -0.2) is 0 Å². The minimum absolute atomic E-state index is 0.0720. The fraction of sp³-hybridized carbons (Fsp3) is 0.818. The molecule has 28 heavy (non-hydrogen) atoms. The van der Waals surface area contributed by atoms with Gasteiger partial charge in [0.2, 0.25) is 5.91 Å². The molecule has 1 atom stereocenters. The zero-order chi connectivity index (χ0) is 20.1. The molecule has 0 aliphatic carbocycles. The molecule has 2 fully saturated rings. The summed E-state index contributed by atoms with van der Waals surface area (Å²) in [6, 6.07) is 0.346. The Morgan fingerprint density at radius 2 is 1.93 bits per heavy atom. The number of carbonyl (C=O) groups is 1. The summed E-state index contributed by atoms with van der Waals surface area (Å²) in [5.41, 5.74) is 2.42. The van der Waals surface area contributed by atoms with Crippen LogP contribution >= 0.6 is 0 Å². The number of hydrogen-bond acceptors (Lipinski definition) is 4. The van der Waals surface area contributed by atoms with Gasteiger partial charge in [-0.1, -0.05) is 13.8 Å². The Kier molecular flexibility index (Phi) is 7.52. The molecule has 0 bridgehead atoms. The van der Waals surface area contributed by atoms with Crippen LogP contribution in [-0.2, 0) is 18.4 Å². The van der Waals surface area contributed by atoms with Crippen molar-refractivity contribution in [2.24, 2.45) is 13.0 Å². The molecule has 0 N–H and O–H groups in total. The SMILES string of the molecule is Cc1nn(C)cc1CN1CCCC(N(CCCN2CCCC2)C(=O)C(C)C)C1. The lowest BCUT2D eigenvalue weighted by atomic mass is 10.0. The molecule has 1 aromatic rings. The maximum absolute atomic E-state index is 13.0. The molecule has 0 radical (unpaired) electrons. The van der Waals surface area contributed by atoms with Crippen molar-refractivity contribution in [1.82, 2.24) is 24.5 Å². The molecule has 158 valence electrons. The number of likely N-dealkylation sites (tertiary alicyclic amines) is 2. The van der Waals surface area contributed by atoms with E-state index in [-0.39, 0.29) is 5.92 Å². The summed E-state index contributed by atoms with van der Waals surface area (Å²) < 4.78 is 1.90. The van der Waals surface area contributed by atoms with Crippen molar-refractivity contribution in [2.75, 3.05) is 39.3 Å². The van der Waals surface area contributed by atoms with E-state index >= 15 is 0 Å². The Hall–Kier alpha value is -1.40. The molecule has 1 aromatic heterocycles. The first kappa shape index (κ1) is 21.3.